The van der Waals surface area contributed by atoms with Crippen LogP contribution in [-0.4, -0.2) is 31.2 Å². The van der Waals surface area contributed by atoms with E-state index in [0.717, 1.165) is 17.8 Å². The molecule has 2 heterocycles. The molecule has 0 aliphatic heterocycles. The van der Waals surface area contributed by atoms with E-state index < -0.39 is 5.97 Å². The molecule has 2 N–H and O–H groups in total. The van der Waals surface area contributed by atoms with Gasteiger partial charge in [-0.15, -0.1) is 5.10 Å². The predicted molar refractivity (Wildman–Crippen MR) is 73.1 cm³/mol. The van der Waals surface area contributed by atoms with Gasteiger partial charge in [-0.3, -0.25) is 0 Å². The van der Waals surface area contributed by atoms with Crippen molar-refractivity contribution < 1.29 is 9.53 Å². The molecule has 0 unspecified atom stereocenters. The van der Waals surface area contributed by atoms with Crippen molar-refractivity contribution >= 4 is 22.4 Å². The molecule has 8 nitrogen and oxygen atoms in total. The lowest BCUT2D eigenvalue weighted by Crippen LogP contribution is -2.11. The van der Waals surface area contributed by atoms with Gasteiger partial charge >= 0.3 is 5.97 Å². The molecule has 0 saturated carbocycles. The van der Waals surface area contributed by atoms with Gasteiger partial charge in [0.05, 0.1) is 5.69 Å². The number of carbonyl (C=O) groups is 1. The number of rotatable bonds is 6. The first-order valence-corrected chi connectivity index (χ1v) is 7.14. The highest BCUT2D eigenvalue weighted by molar-refractivity contribution is 7.17. The summed E-state index contributed by atoms with van der Waals surface area (Å²) in [6.45, 7) is 4.65. The lowest BCUT2D eigenvalue weighted by Gasteiger charge is -2.04. The monoisotopic (exact) mass is 296 g/mol. The highest BCUT2D eigenvalue weighted by atomic mass is 32.1. The molecule has 0 amide bonds. The summed E-state index contributed by atoms with van der Waals surface area (Å²) in [6.07, 6.45) is 1.53. The van der Waals surface area contributed by atoms with Crippen LogP contribution in [0, 0.1) is 0 Å². The van der Waals surface area contributed by atoms with E-state index in [9.17, 15) is 4.79 Å². The molecule has 0 aliphatic rings. The molecule has 0 atom stereocenters. The average Bonchev–Trinajstić information content (AvgIpc) is 3.03. The van der Waals surface area contributed by atoms with Gasteiger partial charge < -0.3 is 10.5 Å². The largest absolute Gasteiger partial charge is 0.453 e. The molecule has 0 bridgehead atoms. The molecule has 0 fully saturated rings. The van der Waals surface area contributed by atoms with E-state index in [2.05, 4.69) is 20.5 Å². The number of aryl methyl sites for hydroxylation is 2. The minimum absolute atomic E-state index is 0.0345. The van der Waals surface area contributed by atoms with Gasteiger partial charge in [-0.05, 0) is 23.3 Å². The van der Waals surface area contributed by atoms with E-state index >= 15 is 0 Å². The summed E-state index contributed by atoms with van der Waals surface area (Å²) in [7, 11) is 0. The number of nitrogens with two attached hydrogens (primary N) is 1. The fourth-order valence-electron chi connectivity index (χ4n) is 1.68. The zero-order valence-corrected chi connectivity index (χ0v) is 12.2. The zero-order chi connectivity index (χ0) is 14.5. The van der Waals surface area contributed by atoms with Crippen LogP contribution in [0.5, 0.6) is 0 Å². The fraction of sp³-hybridized carbons (Fsp3) is 0.545. The Morgan fingerprint density at radius 3 is 2.95 bits per heavy atom. The van der Waals surface area contributed by atoms with E-state index in [-0.39, 0.29) is 6.61 Å². The third-order valence-electron chi connectivity index (χ3n) is 2.61. The average molecular weight is 296 g/mol. The Balaban J connectivity index is 2.03. The molecule has 0 aromatic carbocycles. The Kier molecular flexibility index (Phi) is 4.61. The van der Waals surface area contributed by atoms with Gasteiger partial charge in [-0.25, -0.2) is 14.5 Å². The maximum Gasteiger partial charge on any atom is 0.350 e. The third-order valence-corrected chi connectivity index (χ3v) is 3.51. The molecular weight excluding hydrogens is 280 g/mol. The molecule has 0 aliphatic carbocycles. The maximum atomic E-state index is 12.0. The summed E-state index contributed by atoms with van der Waals surface area (Å²) in [4.78, 5) is 16.6. The zero-order valence-electron chi connectivity index (χ0n) is 11.4. The van der Waals surface area contributed by atoms with Crippen LogP contribution >= 0.6 is 11.3 Å². The second-order valence-corrected chi connectivity index (χ2v) is 5.11. The maximum absolute atomic E-state index is 12.0. The number of thiazole rings is 1. The SMILES string of the molecule is CCCn1nnnc1COC(=O)c1sc(N)nc1CC. The summed E-state index contributed by atoms with van der Waals surface area (Å²) in [5.41, 5.74) is 6.27. The predicted octanol–water partition coefficient (Wildman–Crippen LogP) is 1.04. The molecule has 2 aromatic rings. The van der Waals surface area contributed by atoms with Gasteiger partial charge in [0.2, 0.25) is 0 Å². The van der Waals surface area contributed by atoms with E-state index in [0.29, 0.717) is 34.5 Å². The number of nitrogens with zero attached hydrogens (tertiary/aromatic N) is 5. The Bertz CT molecular complexity index is 594. The molecule has 2 aromatic heterocycles. The van der Waals surface area contributed by atoms with Crippen molar-refractivity contribution in [3.8, 4) is 0 Å². The van der Waals surface area contributed by atoms with Gasteiger partial charge in [0.15, 0.2) is 17.6 Å². The first kappa shape index (κ1) is 14.4. The van der Waals surface area contributed by atoms with Crippen LogP contribution in [-0.2, 0) is 24.3 Å². The number of nitrogen functional groups attached to an aromatic ring is 1. The molecule has 108 valence electrons. The normalized spacial score (nSPS) is 10.7. The molecule has 0 radical (unpaired) electrons. The van der Waals surface area contributed by atoms with Crippen molar-refractivity contribution in [1.82, 2.24) is 25.2 Å². The molecule has 9 heteroatoms. The molecule has 0 spiro atoms. The van der Waals surface area contributed by atoms with Crippen molar-refractivity contribution in [3.63, 3.8) is 0 Å². The van der Waals surface area contributed by atoms with E-state index in [1.807, 2.05) is 13.8 Å². The Morgan fingerprint density at radius 1 is 1.45 bits per heavy atom. The first-order chi connectivity index (χ1) is 9.65. The number of esters is 1. The van der Waals surface area contributed by atoms with Crippen LogP contribution < -0.4 is 5.73 Å². The van der Waals surface area contributed by atoms with Crippen LogP contribution in [0.4, 0.5) is 5.13 Å². The molecular formula is C11H16N6O2S. The number of aromatic nitrogens is 5. The quantitative estimate of drug-likeness (QED) is 0.793. The van der Waals surface area contributed by atoms with Crippen molar-refractivity contribution in [2.75, 3.05) is 5.73 Å². The Hall–Kier alpha value is -2.03. The standard InChI is InChI=1S/C11H16N6O2S/c1-3-5-17-8(14-15-16-17)6-19-10(18)9-7(4-2)13-11(12)20-9/h3-6H2,1-2H3,(H2,12,13). The Labute approximate surface area is 120 Å². The van der Waals surface area contributed by atoms with Gasteiger partial charge in [0.25, 0.3) is 0 Å². The highest BCUT2D eigenvalue weighted by Crippen LogP contribution is 2.22. The fourth-order valence-corrected chi connectivity index (χ4v) is 2.49. The van der Waals surface area contributed by atoms with E-state index in [4.69, 9.17) is 10.5 Å². The number of tetrazole rings is 1. The topological polar surface area (TPSA) is 109 Å². The van der Waals surface area contributed by atoms with Crippen LogP contribution in [0.2, 0.25) is 0 Å². The molecule has 0 saturated heterocycles. The lowest BCUT2D eigenvalue weighted by atomic mass is 10.3. The van der Waals surface area contributed by atoms with Crippen molar-refractivity contribution in [3.05, 3.63) is 16.4 Å². The van der Waals surface area contributed by atoms with Crippen LogP contribution in [0.25, 0.3) is 0 Å². The number of anilines is 1. The van der Waals surface area contributed by atoms with Crippen LogP contribution in [0.1, 0.15) is 41.5 Å². The highest BCUT2D eigenvalue weighted by Gasteiger charge is 2.18. The second-order valence-electron chi connectivity index (χ2n) is 4.08. The second kappa shape index (κ2) is 6.42. The van der Waals surface area contributed by atoms with Crippen molar-refractivity contribution in [2.24, 2.45) is 0 Å². The van der Waals surface area contributed by atoms with E-state index in [1.165, 1.54) is 0 Å². The minimum Gasteiger partial charge on any atom is -0.453 e. The minimum atomic E-state index is -0.443. The summed E-state index contributed by atoms with van der Waals surface area (Å²) in [5.74, 6) is 0.0813. The van der Waals surface area contributed by atoms with Crippen LogP contribution in [0.15, 0.2) is 0 Å². The van der Waals surface area contributed by atoms with Gasteiger partial charge in [-0.2, -0.15) is 0 Å². The van der Waals surface area contributed by atoms with Gasteiger partial charge in [0, 0.05) is 6.54 Å². The molecule has 2 rings (SSSR count). The number of carbonyl (C=O) groups excluding carboxylic acids is 1. The first-order valence-electron chi connectivity index (χ1n) is 6.33. The van der Waals surface area contributed by atoms with Crippen LogP contribution in [0.3, 0.4) is 0 Å². The van der Waals surface area contributed by atoms with E-state index in [1.54, 1.807) is 4.68 Å². The van der Waals surface area contributed by atoms with Crippen molar-refractivity contribution in [1.29, 1.82) is 0 Å². The van der Waals surface area contributed by atoms with Crippen molar-refractivity contribution in [2.45, 2.75) is 39.8 Å². The summed E-state index contributed by atoms with van der Waals surface area (Å²) in [5, 5.41) is 11.6. The van der Waals surface area contributed by atoms with Gasteiger partial charge in [0.1, 0.15) is 4.88 Å². The number of hydrogen-bond acceptors (Lipinski definition) is 8. The Morgan fingerprint density at radius 2 is 2.25 bits per heavy atom. The smallest absolute Gasteiger partial charge is 0.350 e. The van der Waals surface area contributed by atoms with Gasteiger partial charge in [-0.1, -0.05) is 25.2 Å². The summed E-state index contributed by atoms with van der Waals surface area (Å²) in [6, 6.07) is 0. The summed E-state index contributed by atoms with van der Waals surface area (Å²) < 4.78 is 6.85. The lowest BCUT2D eigenvalue weighted by molar-refractivity contribution is 0.0460. The number of ether oxygens (including phenoxy) is 1. The number of hydrogen-bond donors (Lipinski definition) is 1. The third kappa shape index (κ3) is 3.10. The summed E-state index contributed by atoms with van der Waals surface area (Å²) >= 11 is 1.13. The molecule has 20 heavy (non-hydrogen) atoms.